The Hall–Kier alpha value is -2.55. The minimum atomic E-state index is -1.56. The second-order valence-corrected chi connectivity index (χ2v) is 6.53. The fourth-order valence-corrected chi connectivity index (χ4v) is 3.68. The third-order valence-corrected chi connectivity index (χ3v) is 4.49. The van der Waals surface area contributed by atoms with Crippen LogP contribution in [0.25, 0.3) is 0 Å². The molecule has 1 aromatic carbocycles. The summed E-state index contributed by atoms with van der Waals surface area (Å²) in [6, 6.07) is 5.15. The lowest BCUT2D eigenvalue weighted by Gasteiger charge is -2.43. The number of halogens is 1. The molecule has 128 valence electrons. The van der Waals surface area contributed by atoms with Crippen LogP contribution in [0.1, 0.15) is 12.8 Å². The molecule has 0 aromatic heterocycles. The maximum absolute atomic E-state index is 13.0. The van der Waals surface area contributed by atoms with E-state index < -0.39 is 26.7 Å². The highest BCUT2D eigenvalue weighted by Crippen LogP contribution is 2.43. The molecule has 1 aliphatic carbocycles. The van der Waals surface area contributed by atoms with Crippen LogP contribution < -0.4 is 4.74 Å². The van der Waals surface area contributed by atoms with E-state index in [2.05, 4.69) is 0 Å². The van der Waals surface area contributed by atoms with Crippen LogP contribution in [-0.2, 0) is 0 Å². The van der Waals surface area contributed by atoms with Crippen molar-refractivity contribution in [3.8, 4) is 5.75 Å². The first-order valence-electron chi connectivity index (χ1n) is 7.37. The number of fused-ring (bicyclic) bond motifs is 2. The first-order chi connectivity index (χ1) is 11.2. The van der Waals surface area contributed by atoms with Gasteiger partial charge in [0.15, 0.2) is 0 Å². The Morgan fingerprint density at radius 3 is 2.42 bits per heavy atom. The zero-order chi connectivity index (χ0) is 17.5. The first-order valence-corrected chi connectivity index (χ1v) is 7.37. The first kappa shape index (κ1) is 16.3. The molecule has 3 rings (SSSR count). The summed E-state index contributed by atoms with van der Waals surface area (Å²) >= 11 is 0. The molecule has 9 heteroatoms. The SMILES string of the molecule is CN1CC2([N+](=O)[O-])C=C(Oc3ccc(F)cc3)CC([N+](=O)[O-])(C1)C2. The van der Waals surface area contributed by atoms with E-state index in [1.165, 1.54) is 30.3 Å². The summed E-state index contributed by atoms with van der Waals surface area (Å²) in [6.45, 7) is 0.186. The van der Waals surface area contributed by atoms with Crippen LogP contribution in [0.4, 0.5) is 4.39 Å². The van der Waals surface area contributed by atoms with Crippen molar-refractivity contribution in [2.75, 3.05) is 20.1 Å². The molecule has 1 fully saturated rings. The summed E-state index contributed by atoms with van der Waals surface area (Å²) in [6.07, 6.45) is 1.16. The van der Waals surface area contributed by atoms with Gasteiger partial charge in [-0.1, -0.05) is 0 Å². The van der Waals surface area contributed by atoms with E-state index in [9.17, 15) is 24.6 Å². The van der Waals surface area contributed by atoms with Gasteiger partial charge >= 0.3 is 0 Å². The summed E-state index contributed by atoms with van der Waals surface area (Å²) < 4.78 is 18.6. The number of nitro groups is 2. The molecule has 0 amide bonds. The van der Waals surface area contributed by atoms with E-state index >= 15 is 0 Å². The van der Waals surface area contributed by atoms with E-state index in [0.29, 0.717) is 0 Å². The van der Waals surface area contributed by atoms with Crippen molar-refractivity contribution < 1.29 is 19.0 Å². The Labute approximate surface area is 136 Å². The molecule has 1 aromatic rings. The summed E-state index contributed by atoms with van der Waals surface area (Å²) in [5.74, 6) is 0.0179. The van der Waals surface area contributed by atoms with Crippen molar-refractivity contribution in [1.82, 2.24) is 4.90 Å². The number of likely N-dealkylation sites (N-methyl/N-ethyl adjacent to an activating group) is 1. The number of rotatable bonds is 4. The van der Waals surface area contributed by atoms with Gasteiger partial charge in [-0.15, -0.1) is 0 Å². The van der Waals surface area contributed by atoms with Crippen LogP contribution in [0.5, 0.6) is 5.75 Å². The quantitative estimate of drug-likeness (QED) is 0.614. The Morgan fingerprint density at radius 2 is 1.83 bits per heavy atom. The van der Waals surface area contributed by atoms with Gasteiger partial charge in [0, 0.05) is 15.9 Å². The van der Waals surface area contributed by atoms with Gasteiger partial charge in [0.25, 0.3) is 5.54 Å². The molecule has 2 aliphatic rings. The molecular formula is C15H16FN3O5. The molecular weight excluding hydrogens is 321 g/mol. The molecule has 1 heterocycles. The van der Waals surface area contributed by atoms with Gasteiger partial charge in [0.2, 0.25) is 5.54 Å². The maximum Gasteiger partial charge on any atom is 0.263 e. The smallest absolute Gasteiger partial charge is 0.263 e. The molecule has 0 radical (unpaired) electrons. The average molecular weight is 337 g/mol. The van der Waals surface area contributed by atoms with Crippen LogP contribution in [0, 0.1) is 26.0 Å². The number of nitrogens with zero attached hydrogens (tertiary/aromatic N) is 3. The third kappa shape index (κ3) is 2.71. The zero-order valence-corrected chi connectivity index (χ0v) is 13.0. The van der Waals surface area contributed by atoms with Crippen LogP contribution >= 0.6 is 0 Å². The summed E-state index contributed by atoms with van der Waals surface area (Å²) in [7, 11) is 1.63. The van der Waals surface area contributed by atoms with E-state index in [1.807, 2.05) is 0 Å². The third-order valence-electron chi connectivity index (χ3n) is 4.49. The van der Waals surface area contributed by atoms with Crippen molar-refractivity contribution in [3.63, 3.8) is 0 Å². The fraction of sp³-hybridized carbons (Fsp3) is 0.467. The predicted molar refractivity (Wildman–Crippen MR) is 81.3 cm³/mol. The average Bonchev–Trinajstić information content (AvgIpc) is 2.48. The van der Waals surface area contributed by atoms with Crippen LogP contribution in [-0.4, -0.2) is 46.0 Å². The van der Waals surface area contributed by atoms with Gasteiger partial charge in [0.1, 0.15) is 17.3 Å². The van der Waals surface area contributed by atoms with E-state index in [-0.39, 0.29) is 37.4 Å². The molecule has 1 saturated heterocycles. The number of benzene rings is 1. The molecule has 0 saturated carbocycles. The fourth-order valence-electron chi connectivity index (χ4n) is 3.68. The Balaban J connectivity index is 2.00. The number of likely N-dealkylation sites (tertiary alicyclic amines) is 1. The van der Waals surface area contributed by atoms with Crippen LogP contribution in [0.3, 0.4) is 0 Å². The topological polar surface area (TPSA) is 98.8 Å². The second kappa shape index (κ2) is 5.52. The van der Waals surface area contributed by atoms with Gasteiger partial charge in [0.05, 0.1) is 25.9 Å². The van der Waals surface area contributed by atoms with Gasteiger partial charge < -0.3 is 4.74 Å². The lowest BCUT2D eigenvalue weighted by atomic mass is 9.71. The summed E-state index contributed by atoms with van der Waals surface area (Å²) in [4.78, 5) is 24.0. The predicted octanol–water partition coefficient (Wildman–Crippen LogP) is 1.86. The molecule has 2 bridgehead atoms. The standard InChI is InChI=1S/C15H16FN3O5/c1-17-9-14(18(20)21)6-13(7-15(8-14,10-17)19(22)23)24-12-4-2-11(16)3-5-12/h2-6H,7-10H2,1H3. The molecule has 24 heavy (non-hydrogen) atoms. The number of piperidine rings is 1. The van der Waals surface area contributed by atoms with Crippen molar-refractivity contribution in [2.24, 2.45) is 0 Å². The second-order valence-electron chi connectivity index (χ2n) is 6.53. The number of hydrogen-bond donors (Lipinski definition) is 0. The summed E-state index contributed by atoms with van der Waals surface area (Å²) in [5.41, 5.74) is -3.03. The van der Waals surface area contributed by atoms with Crippen LogP contribution in [0.2, 0.25) is 0 Å². The molecule has 8 nitrogen and oxygen atoms in total. The van der Waals surface area contributed by atoms with Crippen molar-refractivity contribution >= 4 is 0 Å². The highest BCUT2D eigenvalue weighted by atomic mass is 19.1. The van der Waals surface area contributed by atoms with Crippen LogP contribution in [0.15, 0.2) is 36.1 Å². The van der Waals surface area contributed by atoms with Crippen molar-refractivity contribution in [3.05, 3.63) is 62.1 Å². The lowest BCUT2D eigenvalue weighted by Crippen LogP contribution is -2.65. The van der Waals surface area contributed by atoms with E-state index in [4.69, 9.17) is 4.74 Å². The monoisotopic (exact) mass is 337 g/mol. The molecule has 0 N–H and O–H groups in total. The Morgan fingerprint density at radius 1 is 1.17 bits per heavy atom. The van der Waals surface area contributed by atoms with Crippen molar-refractivity contribution in [1.29, 1.82) is 0 Å². The highest BCUT2D eigenvalue weighted by molar-refractivity contribution is 5.28. The molecule has 2 atom stereocenters. The Bertz CT molecular complexity index is 722. The number of ether oxygens (including phenoxy) is 1. The van der Waals surface area contributed by atoms with Gasteiger partial charge in [-0.3, -0.25) is 25.1 Å². The number of hydrogen-bond acceptors (Lipinski definition) is 6. The molecule has 1 aliphatic heterocycles. The van der Waals surface area contributed by atoms with Gasteiger partial charge in [-0.2, -0.15) is 0 Å². The summed E-state index contributed by atoms with van der Waals surface area (Å²) in [5, 5.41) is 23.3. The van der Waals surface area contributed by atoms with E-state index in [0.717, 1.165) is 0 Å². The maximum atomic E-state index is 13.0. The van der Waals surface area contributed by atoms with Gasteiger partial charge in [-0.25, -0.2) is 4.39 Å². The normalized spacial score (nSPS) is 29.7. The Kier molecular flexibility index (Phi) is 3.75. The molecule has 0 spiro atoms. The van der Waals surface area contributed by atoms with E-state index in [1.54, 1.807) is 11.9 Å². The van der Waals surface area contributed by atoms with Gasteiger partial charge in [-0.05, 0) is 31.3 Å². The highest BCUT2D eigenvalue weighted by Gasteiger charge is 2.64. The lowest BCUT2D eigenvalue weighted by molar-refractivity contribution is -0.620. The minimum absolute atomic E-state index is 0.0443. The molecule has 2 unspecified atom stereocenters. The minimum Gasteiger partial charge on any atom is -0.461 e. The zero-order valence-electron chi connectivity index (χ0n) is 13.0. The van der Waals surface area contributed by atoms with Crippen molar-refractivity contribution in [2.45, 2.75) is 23.9 Å². The largest absolute Gasteiger partial charge is 0.461 e.